The lowest BCUT2D eigenvalue weighted by Crippen LogP contribution is -2.62. The first kappa shape index (κ1) is 25.6. The van der Waals surface area contributed by atoms with E-state index in [0.29, 0.717) is 16.7 Å². The number of fused-ring (bicyclic) bond motifs is 2. The Balaban J connectivity index is 1.77. The van der Waals surface area contributed by atoms with Gasteiger partial charge in [-0.25, -0.2) is 9.69 Å². The zero-order valence-corrected chi connectivity index (χ0v) is 21.5. The molecule has 8 heteroatoms. The first-order valence-electron chi connectivity index (χ1n) is 12.7. The van der Waals surface area contributed by atoms with Crippen LogP contribution in [0.3, 0.4) is 0 Å². The molecule has 2 amide bonds. The summed E-state index contributed by atoms with van der Waals surface area (Å²) in [6.45, 7) is 5.09. The van der Waals surface area contributed by atoms with Gasteiger partial charge in [0, 0.05) is 4.92 Å². The van der Waals surface area contributed by atoms with Crippen molar-refractivity contribution in [2.24, 2.45) is 0 Å². The number of aliphatic hydroxyl groups excluding tert-OH is 1. The molecular weight excluding hydrogens is 484 g/mol. The van der Waals surface area contributed by atoms with E-state index in [-0.39, 0.29) is 17.0 Å². The number of hydrogen-bond acceptors (Lipinski definition) is 6. The summed E-state index contributed by atoms with van der Waals surface area (Å²) in [7, 11) is 0. The van der Waals surface area contributed by atoms with E-state index < -0.39 is 47.0 Å². The van der Waals surface area contributed by atoms with Crippen molar-refractivity contribution in [3.05, 3.63) is 112 Å². The van der Waals surface area contributed by atoms with Crippen LogP contribution in [0.1, 0.15) is 55.7 Å². The van der Waals surface area contributed by atoms with Gasteiger partial charge < -0.3 is 9.84 Å². The second-order valence-electron chi connectivity index (χ2n) is 10.9. The van der Waals surface area contributed by atoms with Crippen molar-refractivity contribution >= 4 is 17.7 Å². The maximum atomic E-state index is 14.5. The van der Waals surface area contributed by atoms with Crippen molar-refractivity contribution < 1.29 is 24.4 Å². The molecule has 0 unspecified atom stereocenters. The third-order valence-electron chi connectivity index (χ3n) is 7.60. The number of aliphatic hydroxyl groups is 1. The molecule has 0 saturated heterocycles. The van der Waals surface area contributed by atoms with E-state index in [2.05, 4.69) is 0 Å². The molecule has 0 radical (unpaired) electrons. The average Bonchev–Trinajstić information content (AvgIpc) is 3.14. The van der Waals surface area contributed by atoms with Gasteiger partial charge in [0.15, 0.2) is 0 Å². The number of carbonyl (C=O) groups excluding carboxylic acids is 2. The molecule has 1 fully saturated rings. The van der Waals surface area contributed by atoms with Crippen LogP contribution in [0, 0.1) is 10.1 Å². The van der Waals surface area contributed by atoms with Crippen LogP contribution in [0.25, 0.3) is 0 Å². The Morgan fingerprint density at radius 3 is 2.11 bits per heavy atom. The van der Waals surface area contributed by atoms with E-state index in [1.165, 1.54) is 0 Å². The highest BCUT2D eigenvalue weighted by atomic mass is 16.6. The highest BCUT2D eigenvalue weighted by Crippen LogP contribution is 2.59. The maximum absolute atomic E-state index is 14.5. The van der Waals surface area contributed by atoms with Crippen LogP contribution in [0.4, 0.5) is 10.5 Å². The molecule has 3 aromatic rings. The lowest BCUT2D eigenvalue weighted by molar-refractivity contribution is -0.537. The Labute approximate surface area is 221 Å². The van der Waals surface area contributed by atoms with Crippen molar-refractivity contribution in [3.8, 4) is 0 Å². The number of nitro groups is 1. The van der Waals surface area contributed by atoms with Crippen LogP contribution in [-0.4, -0.2) is 39.8 Å². The zero-order valence-electron chi connectivity index (χ0n) is 21.5. The summed E-state index contributed by atoms with van der Waals surface area (Å²) in [4.78, 5) is 41.4. The molecule has 0 bridgehead atoms. The minimum Gasteiger partial charge on any atom is -0.443 e. The highest BCUT2D eigenvalue weighted by Gasteiger charge is 2.69. The summed E-state index contributed by atoms with van der Waals surface area (Å²) in [6, 6.07) is 23.3. The number of para-hydroxylation sites is 1. The Morgan fingerprint density at radius 1 is 0.974 bits per heavy atom. The third kappa shape index (κ3) is 3.96. The van der Waals surface area contributed by atoms with Crippen molar-refractivity contribution in [1.29, 1.82) is 0 Å². The van der Waals surface area contributed by atoms with Crippen LogP contribution in [0.5, 0.6) is 0 Å². The molecule has 0 aromatic heterocycles. The van der Waals surface area contributed by atoms with Crippen LogP contribution in [-0.2, 0) is 14.9 Å². The van der Waals surface area contributed by atoms with Crippen molar-refractivity contribution in [1.82, 2.24) is 0 Å². The van der Waals surface area contributed by atoms with E-state index >= 15 is 0 Å². The average molecular weight is 515 g/mol. The predicted octanol–water partition coefficient (Wildman–Crippen LogP) is 5.18. The standard InChI is InChI=1S/C30H30N2O6/c1-29(2,3)38-28(35)31-23-17-11-10-16-22(23)30(27(31)34)24(33)18-21(19-12-6-4-7-13-19)26(32(36)37)25(30)20-14-8-5-9-15-20/h4-17,21,24-26,33H,18H2,1-3H3/t21-,24-,25-,26-,30-/m0/s1. The molecule has 1 aliphatic heterocycles. The normalized spacial score (nSPS) is 26.7. The Morgan fingerprint density at radius 2 is 1.53 bits per heavy atom. The van der Waals surface area contributed by atoms with E-state index in [4.69, 9.17) is 4.74 Å². The lowest BCUT2D eigenvalue weighted by atomic mass is 9.54. The topological polar surface area (TPSA) is 110 Å². The van der Waals surface area contributed by atoms with E-state index in [9.17, 15) is 24.8 Å². The van der Waals surface area contributed by atoms with Crippen LogP contribution in [0.2, 0.25) is 0 Å². The molecule has 38 heavy (non-hydrogen) atoms. The summed E-state index contributed by atoms with van der Waals surface area (Å²) in [5, 5.41) is 24.8. The van der Waals surface area contributed by atoms with Gasteiger partial charge in [0.25, 0.3) is 5.91 Å². The fourth-order valence-corrected chi connectivity index (χ4v) is 6.24. The molecule has 1 aliphatic carbocycles. The fourth-order valence-electron chi connectivity index (χ4n) is 6.24. The summed E-state index contributed by atoms with van der Waals surface area (Å²) in [6.07, 6.45) is -2.22. The highest BCUT2D eigenvalue weighted by molar-refractivity contribution is 6.22. The van der Waals surface area contributed by atoms with E-state index in [1.54, 1.807) is 87.5 Å². The Bertz CT molecular complexity index is 1370. The van der Waals surface area contributed by atoms with Gasteiger partial charge in [-0.15, -0.1) is 0 Å². The Kier molecular flexibility index (Phi) is 6.31. The van der Waals surface area contributed by atoms with Gasteiger partial charge >= 0.3 is 6.09 Å². The van der Waals surface area contributed by atoms with Gasteiger partial charge in [0.1, 0.15) is 11.0 Å². The smallest absolute Gasteiger partial charge is 0.421 e. The zero-order chi connectivity index (χ0) is 27.2. The van der Waals surface area contributed by atoms with Crippen molar-refractivity contribution in [3.63, 3.8) is 0 Å². The number of amides is 2. The molecule has 5 atom stereocenters. The summed E-state index contributed by atoms with van der Waals surface area (Å²) in [5.74, 6) is -2.44. The lowest BCUT2D eigenvalue weighted by Gasteiger charge is -2.47. The monoisotopic (exact) mass is 514 g/mol. The number of imide groups is 1. The Hall–Kier alpha value is -4.04. The molecule has 1 saturated carbocycles. The molecule has 196 valence electrons. The number of anilines is 1. The summed E-state index contributed by atoms with van der Waals surface area (Å²) in [5.41, 5.74) is -0.733. The van der Waals surface area contributed by atoms with Gasteiger partial charge in [-0.3, -0.25) is 14.9 Å². The van der Waals surface area contributed by atoms with Crippen molar-refractivity contribution in [2.45, 2.75) is 62.2 Å². The summed E-state index contributed by atoms with van der Waals surface area (Å²) >= 11 is 0. The number of ether oxygens (including phenoxy) is 1. The third-order valence-corrected chi connectivity index (χ3v) is 7.60. The minimum absolute atomic E-state index is 0.0266. The minimum atomic E-state index is -1.77. The van der Waals surface area contributed by atoms with Crippen molar-refractivity contribution in [2.75, 3.05) is 4.90 Å². The number of benzene rings is 3. The second-order valence-corrected chi connectivity index (χ2v) is 10.9. The predicted molar refractivity (Wildman–Crippen MR) is 142 cm³/mol. The van der Waals surface area contributed by atoms with Gasteiger partial charge in [0.2, 0.25) is 6.04 Å². The van der Waals surface area contributed by atoms with Gasteiger partial charge in [0.05, 0.1) is 23.6 Å². The first-order chi connectivity index (χ1) is 18.1. The fraction of sp³-hybridized carbons (Fsp3) is 0.333. The molecule has 3 aromatic carbocycles. The number of rotatable bonds is 3. The second kappa shape index (κ2) is 9.36. The number of carbonyl (C=O) groups is 2. The first-order valence-corrected chi connectivity index (χ1v) is 12.7. The molecule has 2 aliphatic rings. The number of nitrogens with zero attached hydrogens (tertiary/aromatic N) is 2. The largest absolute Gasteiger partial charge is 0.443 e. The van der Waals surface area contributed by atoms with Gasteiger partial charge in [-0.2, -0.15) is 0 Å². The van der Waals surface area contributed by atoms with Crippen LogP contribution >= 0.6 is 0 Å². The molecule has 8 nitrogen and oxygen atoms in total. The van der Waals surface area contributed by atoms with E-state index in [1.807, 2.05) is 18.2 Å². The summed E-state index contributed by atoms with van der Waals surface area (Å²) < 4.78 is 5.57. The molecule has 1 heterocycles. The quantitative estimate of drug-likeness (QED) is 0.381. The molecule has 1 N–H and O–H groups in total. The van der Waals surface area contributed by atoms with Crippen LogP contribution < -0.4 is 4.90 Å². The SMILES string of the molecule is CC(C)(C)OC(=O)N1C(=O)[C@@]2(c3ccccc31)[C@@H](O)C[C@@H](c1ccccc1)[C@H]([N+](=O)[O-])[C@@H]2c1ccccc1. The number of hydrogen-bond donors (Lipinski definition) is 1. The van der Waals surface area contributed by atoms with E-state index in [0.717, 1.165) is 4.90 Å². The van der Waals surface area contributed by atoms with Crippen LogP contribution in [0.15, 0.2) is 84.9 Å². The molecular formula is C30H30N2O6. The van der Waals surface area contributed by atoms with Gasteiger partial charge in [-0.05, 0) is 49.9 Å². The molecule has 5 rings (SSSR count). The van der Waals surface area contributed by atoms with Gasteiger partial charge in [-0.1, -0.05) is 78.9 Å². The molecule has 1 spiro atoms. The maximum Gasteiger partial charge on any atom is 0.421 e.